The Bertz CT molecular complexity index is 1100. The Hall–Kier alpha value is -3.40. The average Bonchev–Trinajstić information content (AvgIpc) is 3.03. The SMILES string of the molecule is COc1cc2c(cc1OC)C(=O)C(=Cc1cc[n+](Cc3cccc(C)c3)cc1)C2. The highest BCUT2D eigenvalue weighted by Crippen LogP contribution is 2.36. The first-order valence-corrected chi connectivity index (χ1v) is 9.62. The molecule has 1 aliphatic carbocycles. The molecule has 3 aromatic rings. The number of hydrogen-bond donors (Lipinski definition) is 0. The lowest BCUT2D eigenvalue weighted by molar-refractivity contribution is -0.688. The number of pyridine rings is 1. The van der Waals surface area contributed by atoms with Crippen molar-refractivity contribution < 1.29 is 18.8 Å². The lowest BCUT2D eigenvalue weighted by Crippen LogP contribution is -2.33. The van der Waals surface area contributed by atoms with Crippen molar-refractivity contribution in [1.29, 1.82) is 0 Å². The third-order valence-electron chi connectivity index (χ3n) is 5.23. The van der Waals surface area contributed by atoms with Crippen LogP contribution in [-0.4, -0.2) is 20.0 Å². The van der Waals surface area contributed by atoms with E-state index in [2.05, 4.69) is 35.8 Å². The molecule has 0 N–H and O–H groups in total. The zero-order valence-corrected chi connectivity index (χ0v) is 16.9. The number of carbonyl (C=O) groups is 1. The fraction of sp³-hybridized carbons (Fsp3) is 0.200. The molecule has 29 heavy (non-hydrogen) atoms. The molecule has 4 heteroatoms. The van der Waals surface area contributed by atoms with Crippen molar-refractivity contribution in [3.05, 3.63) is 94.3 Å². The summed E-state index contributed by atoms with van der Waals surface area (Å²) in [6.45, 7) is 2.92. The number of hydrogen-bond acceptors (Lipinski definition) is 3. The van der Waals surface area contributed by atoms with Crippen molar-refractivity contribution in [2.45, 2.75) is 19.9 Å². The standard InChI is InChI=1S/C25H24NO3/c1-17-5-4-6-19(11-17)16-26-9-7-18(8-10-26)12-21-13-20-14-23(28-2)24(29-3)15-22(20)25(21)27/h4-12,14-15H,13,16H2,1-3H3/q+1. The number of rotatable bonds is 5. The molecule has 0 spiro atoms. The fourth-order valence-electron chi connectivity index (χ4n) is 3.75. The summed E-state index contributed by atoms with van der Waals surface area (Å²) in [7, 11) is 3.18. The monoisotopic (exact) mass is 386 g/mol. The molecule has 0 amide bonds. The van der Waals surface area contributed by atoms with Crippen LogP contribution in [0.5, 0.6) is 11.5 Å². The number of ether oxygens (including phenoxy) is 2. The molecule has 0 unspecified atom stereocenters. The molecular formula is C25H24NO3+. The molecule has 0 atom stereocenters. The van der Waals surface area contributed by atoms with E-state index in [4.69, 9.17) is 9.47 Å². The number of ketones is 1. The first kappa shape index (κ1) is 18.9. The van der Waals surface area contributed by atoms with Crippen molar-refractivity contribution in [1.82, 2.24) is 0 Å². The van der Waals surface area contributed by atoms with E-state index in [0.717, 1.165) is 23.2 Å². The van der Waals surface area contributed by atoms with Gasteiger partial charge in [-0.1, -0.05) is 23.8 Å². The van der Waals surface area contributed by atoms with Crippen LogP contribution in [0.25, 0.3) is 6.08 Å². The smallest absolute Gasteiger partial charge is 0.189 e. The third kappa shape index (κ3) is 3.92. The number of fused-ring (bicyclic) bond motifs is 1. The molecule has 4 rings (SSSR count). The molecule has 0 aliphatic heterocycles. The van der Waals surface area contributed by atoms with Gasteiger partial charge in [-0.25, -0.2) is 4.57 Å². The number of methoxy groups -OCH3 is 2. The van der Waals surface area contributed by atoms with Crippen molar-refractivity contribution >= 4 is 11.9 Å². The molecule has 0 saturated carbocycles. The number of aryl methyl sites for hydroxylation is 1. The van der Waals surface area contributed by atoms with Gasteiger partial charge in [0.2, 0.25) is 0 Å². The second-order valence-electron chi connectivity index (χ2n) is 7.33. The lowest BCUT2D eigenvalue weighted by Gasteiger charge is -2.08. The minimum Gasteiger partial charge on any atom is -0.493 e. The molecule has 0 saturated heterocycles. The molecular weight excluding hydrogens is 362 g/mol. The molecule has 0 fully saturated rings. The zero-order valence-electron chi connectivity index (χ0n) is 16.9. The summed E-state index contributed by atoms with van der Waals surface area (Å²) in [6.07, 6.45) is 6.67. The summed E-state index contributed by atoms with van der Waals surface area (Å²) < 4.78 is 12.8. The average molecular weight is 386 g/mol. The van der Waals surface area contributed by atoms with Crippen LogP contribution in [0.1, 0.15) is 32.6 Å². The van der Waals surface area contributed by atoms with E-state index in [-0.39, 0.29) is 5.78 Å². The minimum atomic E-state index is 0.0532. The van der Waals surface area contributed by atoms with Gasteiger partial charge in [-0.2, -0.15) is 0 Å². The number of benzene rings is 2. The second-order valence-corrected chi connectivity index (χ2v) is 7.33. The van der Waals surface area contributed by atoms with E-state index >= 15 is 0 Å². The molecule has 0 radical (unpaired) electrons. The van der Waals surface area contributed by atoms with Crippen LogP contribution in [0.15, 0.2) is 66.5 Å². The van der Waals surface area contributed by atoms with E-state index in [1.807, 2.05) is 36.7 Å². The Morgan fingerprint density at radius 2 is 1.72 bits per heavy atom. The topological polar surface area (TPSA) is 39.4 Å². The Morgan fingerprint density at radius 1 is 1.00 bits per heavy atom. The molecule has 1 heterocycles. The molecule has 1 aliphatic rings. The maximum absolute atomic E-state index is 12.8. The molecule has 146 valence electrons. The second kappa shape index (κ2) is 7.92. The maximum atomic E-state index is 12.8. The summed E-state index contributed by atoms with van der Waals surface area (Å²) in [4.78, 5) is 12.8. The number of nitrogens with zero attached hydrogens (tertiary/aromatic N) is 1. The zero-order chi connectivity index (χ0) is 20.4. The number of aromatic nitrogens is 1. The highest BCUT2D eigenvalue weighted by atomic mass is 16.5. The van der Waals surface area contributed by atoms with Crippen LogP contribution >= 0.6 is 0 Å². The Kier molecular flexibility index (Phi) is 5.17. The third-order valence-corrected chi connectivity index (χ3v) is 5.23. The van der Waals surface area contributed by atoms with E-state index in [1.165, 1.54) is 11.1 Å². The largest absolute Gasteiger partial charge is 0.493 e. The Balaban J connectivity index is 1.54. The first-order chi connectivity index (χ1) is 14.1. The summed E-state index contributed by atoms with van der Waals surface area (Å²) in [6, 6.07) is 16.3. The summed E-state index contributed by atoms with van der Waals surface area (Å²) >= 11 is 0. The van der Waals surface area contributed by atoms with E-state index < -0.39 is 0 Å². The lowest BCUT2D eigenvalue weighted by atomic mass is 10.1. The van der Waals surface area contributed by atoms with Gasteiger partial charge in [0.25, 0.3) is 0 Å². The highest BCUT2D eigenvalue weighted by molar-refractivity contribution is 6.15. The highest BCUT2D eigenvalue weighted by Gasteiger charge is 2.27. The van der Waals surface area contributed by atoms with Crippen molar-refractivity contribution in [2.24, 2.45) is 0 Å². The minimum absolute atomic E-state index is 0.0532. The fourth-order valence-corrected chi connectivity index (χ4v) is 3.75. The van der Waals surface area contributed by atoms with Crippen molar-refractivity contribution in [2.75, 3.05) is 14.2 Å². The van der Waals surface area contributed by atoms with Gasteiger partial charge in [0, 0.05) is 35.3 Å². The maximum Gasteiger partial charge on any atom is 0.189 e. The number of allylic oxidation sites excluding steroid dienone is 1. The van der Waals surface area contributed by atoms with Crippen LogP contribution in [0.3, 0.4) is 0 Å². The van der Waals surface area contributed by atoms with E-state index in [1.54, 1.807) is 20.3 Å². The van der Waals surface area contributed by atoms with Gasteiger partial charge in [-0.3, -0.25) is 4.79 Å². The van der Waals surface area contributed by atoms with Crippen LogP contribution < -0.4 is 14.0 Å². The van der Waals surface area contributed by atoms with Crippen molar-refractivity contribution in [3.8, 4) is 11.5 Å². The van der Waals surface area contributed by atoms with Gasteiger partial charge in [0.15, 0.2) is 36.2 Å². The van der Waals surface area contributed by atoms with Gasteiger partial charge in [-0.15, -0.1) is 0 Å². The predicted octanol–water partition coefficient (Wildman–Crippen LogP) is 4.17. The predicted molar refractivity (Wildman–Crippen MR) is 112 cm³/mol. The Morgan fingerprint density at radius 3 is 2.41 bits per heavy atom. The van der Waals surface area contributed by atoms with Gasteiger partial charge < -0.3 is 9.47 Å². The summed E-state index contributed by atoms with van der Waals surface area (Å²) in [5.41, 5.74) is 6.00. The molecule has 1 aromatic heterocycles. The first-order valence-electron chi connectivity index (χ1n) is 9.62. The summed E-state index contributed by atoms with van der Waals surface area (Å²) in [5, 5.41) is 0. The van der Waals surface area contributed by atoms with Gasteiger partial charge in [0.05, 0.1) is 14.2 Å². The van der Waals surface area contributed by atoms with E-state index in [0.29, 0.717) is 23.5 Å². The number of carbonyl (C=O) groups excluding carboxylic acids is 1. The van der Waals surface area contributed by atoms with Gasteiger partial charge >= 0.3 is 0 Å². The van der Waals surface area contributed by atoms with Crippen LogP contribution in [-0.2, 0) is 13.0 Å². The van der Waals surface area contributed by atoms with E-state index in [9.17, 15) is 4.79 Å². The normalized spacial score (nSPS) is 14.2. The van der Waals surface area contributed by atoms with Gasteiger partial charge in [-0.05, 0) is 42.3 Å². The van der Waals surface area contributed by atoms with Crippen molar-refractivity contribution in [3.63, 3.8) is 0 Å². The summed E-state index contributed by atoms with van der Waals surface area (Å²) in [5.74, 6) is 1.28. The van der Waals surface area contributed by atoms with Gasteiger partial charge in [0.1, 0.15) is 0 Å². The Labute approximate surface area is 171 Å². The van der Waals surface area contributed by atoms with Crippen LogP contribution in [0.4, 0.5) is 0 Å². The number of Topliss-reactive ketones (excluding diaryl/α,β-unsaturated/α-hetero) is 1. The molecule has 2 aromatic carbocycles. The van der Waals surface area contributed by atoms with Crippen LogP contribution in [0, 0.1) is 6.92 Å². The van der Waals surface area contributed by atoms with Crippen LogP contribution in [0.2, 0.25) is 0 Å². The molecule has 0 bridgehead atoms. The molecule has 4 nitrogen and oxygen atoms in total. The quantitative estimate of drug-likeness (QED) is 0.488.